The Kier molecular flexibility index (Phi) is 7.22. The zero-order chi connectivity index (χ0) is 20.6. The average Bonchev–Trinajstić information content (AvgIpc) is 2.74. The van der Waals surface area contributed by atoms with Gasteiger partial charge in [-0.15, -0.1) is 12.4 Å². The van der Waals surface area contributed by atoms with Gasteiger partial charge in [0.05, 0.1) is 24.2 Å². The molecule has 2 heterocycles. The molecule has 1 fully saturated rings. The van der Waals surface area contributed by atoms with Crippen LogP contribution in [0.2, 0.25) is 5.02 Å². The van der Waals surface area contributed by atoms with E-state index in [0.717, 1.165) is 5.56 Å². The highest BCUT2D eigenvalue weighted by molar-refractivity contribution is 7.89. The number of morpholine rings is 1. The van der Waals surface area contributed by atoms with Gasteiger partial charge < -0.3 is 4.74 Å². The third kappa shape index (κ3) is 4.02. The van der Waals surface area contributed by atoms with E-state index < -0.39 is 22.2 Å². The summed E-state index contributed by atoms with van der Waals surface area (Å²) in [5, 5.41) is 0.580. The van der Waals surface area contributed by atoms with Crippen molar-refractivity contribution in [2.45, 2.75) is 30.4 Å². The maximum Gasteiger partial charge on any atom is 0.246 e. The van der Waals surface area contributed by atoms with Gasteiger partial charge >= 0.3 is 0 Å². The fraction of sp³-hybridized carbons (Fsp3) is 0.381. The van der Waals surface area contributed by atoms with E-state index >= 15 is 0 Å². The van der Waals surface area contributed by atoms with Gasteiger partial charge in [0.1, 0.15) is 6.17 Å². The van der Waals surface area contributed by atoms with Crippen LogP contribution in [0.4, 0.5) is 0 Å². The lowest BCUT2D eigenvalue weighted by Crippen LogP contribution is -2.61. The van der Waals surface area contributed by atoms with Gasteiger partial charge in [-0.3, -0.25) is 9.69 Å². The zero-order valence-electron chi connectivity index (χ0n) is 16.5. The maximum absolute atomic E-state index is 13.7. The van der Waals surface area contributed by atoms with Crippen molar-refractivity contribution in [1.29, 1.82) is 0 Å². The molecule has 9 heteroatoms. The lowest BCUT2D eigenvalue weighted by molar-refractivity contribution is -0.0139. The molecule has 0 radical (unpaired) electrons. The molecule has 162 valence electrons. The number of fused-ring (bicyclic) bond motifs is 1. The van der Waals surface area contributed by atoms with Crippen molar-refractivity contribution < 1.29 is 17.9 Å². The number of benzene rings is 2. The second-order valence-electron chi connectivity index (χ2n) is 7.19. The van der Waals surface area contributed by atoms with Crippen molar-refractivity contribution in [1.82, 2.24) is 9.21 Å². The number of ketones is 1. The second-order valence-corrected chi connectivity index (χ2v) is 9.44. The Labute approximate surface area is 188 Å². The van der Waals surface area contributed by atoms with E-state index in [0.29, 0.717) is 37.7 Å². The number of nitrogens with zero attached hydrogens (tertiary/aromatic N) is 2. The van der Waals surface area contributed by atoms with Gasteiger partial charge in [0.15, 0.2) is 5.78 Å². The van der Waals surface area contributed by atoms with Gasteiger partial charge in [-0.1, -0.05) is 42.8 Å². The van der Waals surface area contributed by atoms with Crippen LogP contribution in [0, 0.1) is 0 Å². The highest BCUT2D eigenvalue weighted by Crippen LogP contribution is 2.39. The molecule has 0 aliphatic carbocycles. The van der Waals surface area contributed by atoms with E-state index in [9.17, 15) is 13.2 Å². The molecule has 0 spiro atoms. The minimum absolute atomic E-state index is 0. The standard InChI is InChI=1S/C21H23ClN2O4S.ClH/c1-2-18(15-7-9-16(22)10-8-15)24-21(23-11-13-28-14-12-23)20(25)17-5-3-4-6-19(17)29(24,26)27;/h3-10,18,21H,2,11-14H2,1H3;1H. The normalized spacial score (nSPS) is 22.7. The van der Waals surface area contributed by atoms with Crippen molar-refractivity contribution >= 4 is 39.8 Å². The molecular weight excluding hydrogens is 447 g/mol. The molecule has 0 amide bonds. The minimum atomic E-state index is -3.89. The van der Waals surface area contributed by atoms with E-state index in [2.05, 4.69) is 0 Å². The number of Topliss-reactive ketones (excluding diaryl/α,β-unsaturated/α-hetero) is 1. The van der Waals surface area contributed by atoms with Crippen LogP contribution in [-0.2, 0) is 14.8 Å². The molecule has 2 aliphatic heterocycles. The Hall–Kier alpha value is -1.48. The van der Waals surface area contributed by atoms with E-state index in [4.69, 9.17) is 16.3 Å². The smallest absolute Gasteiger partial charge is 0.246 e. The number of sulfonamides is 1. The number of ether oxygens (including phenoxy) is 1. The number of carbonyl (C=O) groups is 1. The first kappa shape index (κ1) is 23.2. The zero-order valence-corrected chi connectivity index (χ0v) is 18.9. The summed E-state index contributed by atoms with van der Waals surface area (Å²) >= 11 is 6.03. The first-order valence-corrected chi connectivity index (χ1v) is 11.5. The summed E-state index contributed by atoms with van der Waals surface area (Å²) < 4.78 is 34.3. The maximum atomic E-state index is 13.7. The Bertz CT molecular complexity index is 1010. The summed E-state index contributed by atoms with van der Waals surface area (Å²) in [6.07, 6.45) is -0.364. The molecule has 1 saturated heterocycles. The second kappa shape index (κ2) is 9.34. The SMILES string of the molecule is CCC(c1ccc(Cl)cc1)N1C(N2CCOCC2)C(=O)c2ccccc2S1(=O)=O.Cl. The largest absolute Gasteiger partial charge is 0.379 e. The van der Waals surface area contributed by atoms with Crippen LogP contribution in [0.15, 0.2) is 53.4 Å². The first-order valence-electron chi connectivity index (χ1n) is 9.69. The van der Waals surface area contributed by atoms with Crippen LogP contribution in [0.3, 0.4) is 0 Å². The Morgan fingerprint density at radius 1 is 1.10 bits per heavy atom. The highest BCUT2D eigenvalue weighted by Gasteiger charge is 2.49. The molecule has 30 heavy (non-hydrogen) atoms. The molecule has 2 aliphatic rings. The van der Waals surface area contributed by atoms with Gasteiger partial charge in [-0.05, 0) is 36.2 Å². The predicted octanol–water partition coefficient (Wildman–Crippen LogP) is 3.76. The Morgan fingerprint density at radius 3 is 2.37 bits per heavy atom. The summed E-state index contributed by atoms with van der Waals surface area (Å²) in [6.45, 7) is 3.87. The van der Waals surface area contributed by atoms with E-state index in [1.807, 2.05) is 24.0 Å². The monoisotopic (exact) mass is 470 g/mol. The Balaban J connectivity index is 0.00000256. The van der Waals surface area contributed by atoms with Gasteiger partial charge in [-0.2, -0.15) is 4.31 Å². The van der Waals surface area contributed by atoms with Gasteiger partial charge in [0.25, 0.3) is 0 Å². The number of hydrogen-bond acceptors (Lipinski definition) is 5. The molecule has 0 saturated carbocycles. The molecule has 6 nitrogen and oxygen atoms in total. The van der Waals surface area contributed by atoms with Crippen LogP contribution in [0.5, 0.6) is 0 Å². The van der Waals surface area contributed by atoms with Crippen molar-refractivity contribution in [2.24, 2.45) is 0 Å². The van der Waals surface area contributed by atoms with Crippen molar-refractivity contribution in [3.63, 3.8) is 0 Å². The van der Waals surface area contributed by atoms with Crippen LogP contribution in [0.25, 0.3) is 0 Å². The quantitative estimate of drug-likeness (QED) is 0.680. The Morgan fingerprint density at radius 2 is 1.73 bits per heavy atom. The fourth-order valence-corrected chi connectivity index (χ4v) is 6.28. The summed E-state index contributed by atoms with van der Waals surface area (Å²) in [6, 6.07) is 13.1. The number of carbonyl (C=O) groups excluding carboxylic acids is 1. The number of hydrogen-bond donors (Lipinski definition) is 0. The van der Waals surface area contributed by atoms with E-state index in [-0.39, 0.29) is 28.6 Å². The van der Waals surface area contributed by atoms with Crippen molar-refractivity contribution in [2.75, 3.05) is 26.3 Å². The fourth-order valence-electron chi connectivity index (χ4n) is 4.13. The molecular formula is C21H24Cl2N2O4S. The van der Waals surface area contributed by atoms with Crippen LogP contribution >= 0.6 is 24.0 Å². The predicted molar refractivity (Wildman–Crippen MR) is 118 cm³/mol. The molecule has 2 aromatic carbocycles. The van der Waals surface area contributed by atoms with Gasteiger partial charge in [-0.25, -0.2) is 8.42 Å². The summed E-state index contributed by atoms with van der Waals surface area (Å²) in [5.74, 6) is -0.190. The molecule has 0 N–H and O–H groups in total. The first-order chi connectivity index (χ1) is 13.9. The minimum Gasteiger partial charge on any atom is -0.379 e. The molecule has 2 atom stereocenters. The summed E-state index contributed by atoms with van der Waals surface area (Å²) in [4.78, 5) is 15.5. The molecule has 0 bridgehead atoms. The van der Waals surface area contributed by atoms with E-state index in [1.165, 1.54) is 10.4 Å². The highest BCUT2D eigenvalue weighted by atomic mass is 35.5. The van der Waals surface area contributed by atoms with Gasteiger partial charge in [0, 0.05) is 23.7 Å². The average molecular weight is 471 g/mol. The number of halogens is 2. The molecule has 2 unspecified atom stereocenters. The molecule has 0 aromatic heterocycles. The lowest BCUT2D eigenvalue weighted by atomic mass is 10.0. The third-order valence-electron chi connectivity index (χ3n) is 5.52. The number of rotatable bonds is 4. The van der Waals surface area contributed by atoms with Crippen molar-refractivity contribution in [3.8, 4) is 0 Å². The molecule has 2 aromatic rings. The topological polar surface area (TPSA) is 66.9 Å². The third-order valence-corrected chi connectivity index (χ3v) is 7.70. The van der Waals surface area contributed by atoms with Crippen LogP contribution in [0.1, 0.15) is 35.3 Å². The van der Waals surface area contributed by atoms with Crippen molar-refractivity contribution in [3.05, 3.63) is 64.7 Å². The van der Waals surface area contributed by atoms with Gasteiger partial charge in [0.2, 0.25) is 10.0 Å². The van der Waals surface area contributed by atoms with E-state index in [1.54, 1.807) is 30.3 Å². The molecule has 4 rings (SSSR count). The lowest BCUT2D eigenvalue weighted by Gasteiger charge is -2.45. The van der Waals surface area contributed by atoms with Crippen LogP contribution in [-0.4, -0.2) is 55.9 Å². The summed E-state index contributed by atoms with van der Waals surface area (Å²) in [7, 11) is -3.89. The summed E-state index contributed by atoms with van der Waals surface area (Å²) in [5.41, 5.74) is 1.07. The van der Waals surface area contributed by atoms with Crippen LogP contribution < -0.4 is 0 Å².